The molecular weight excluding hydrogens is 318 g/mol. The van der Waals surface area contributed by atoms with Crippen LogP contribution in [-0.4, -0.2) is 40.9 Å². The number of furan rings is 1. The summed E-state index contributed by atoms with van der Waals surface area (Å²) in [5, 5.41) is 14.0. The first-order chi connectivity index (χ1) is 12.3. The fraction of sp³-hybridized carbons (Fsp3) is 0.368. The Balaban J connectivity index is 1.43. The molecule has 1 saturated carbocycles. The number of ether oxygens (including phenoxy) is 1. The van der Waals surface area contributed by atoms with Gasteiger partial charge in [0.05, 0.1) is 18.1 Å². The minimum Gasteiger partial charge on any atom is -0.438 e. The highest BCUT2D eigenvalue weighted by Crippen LogP contribution is 2.30. The third-order valence-electron chi connectivity index (χ3n) is 4.25. The number of anilines is 1. The lowest BCUT2D eigenvalue weighted by atomic mass is 10.2. The van der Waals surface area contributed by atoms with Gasteiger partial charge in [0.15, 0.2) is 0 Å². The average molecular weight is 339 g/mol. The number of hydrogen-bond acceptors (Lipinski definition) is 6. The van der Waals surface area contributed by atoms with Gasteiger partial charge < -0.3 is 19.6 Å². The van der Waals surface area contributed by atoms with Gasteiger partial charge in [-0.2, -0.15) is 0 Å². The first-order valence-corrected chi connectivity index (χ1v) is 8.59. The van der Waals surface area contributed by atoms with Crippen molar-refractivity contribution in [2.75, 3.05) is 25.1 Å². The van der Waals surface area contributed by atoms with Gasteiger partial charge in [-0.25, -0.2) is 9.97 Å². The van der Waals surface area contributed by atoms with Crippen LogP contribution < -0.4 is 5.32 Å². The van der Waals surface area contributed by atoms with Crippen molar-refractivity contribution in [2.45, 2.75) is 18.9 Å². The molecule has 1 fully saturated rings. The van der Waals surface area contributed by atoms with E-state index in [-0.39, 0.29) is 0 Å². The Morgan fingerprint density at radius 3 is 2.88 bits per heavy atom. The molecule has 3 aromatic rings. The number of aliphatic hydroxyl groups excluding tert-OH is 1. The highest BCUT2D eigenvalue weighted by molar-refractivity contribution is 5.89. The summed E-state index contributed by atoms with van der Waals surface area (Å²) in [5.74, 6) is 2.09. The van der Waals surface area contributed by atoms with Crippen LogP contribution in [-0.2, 0) is 4.74 Å². The molecule has 1 aliphatic carbocycles. The second-order valence-corrected chi connectivity index (χ2v) is 6.43. The van der Waals surface area contributed by atoms with Gasteiger partial charge in [-0.15, -0.1) is 0 Å². The van der Waals surface area contributed by atoms with Crippen molar-refractivity contribution in [3.05, 3.63) is 42.7 Å². The number of nitrogens with zero attached hydrogens (tertiary/aromatic N) is 2. The second kappa shape index (κ2) is 7.21. The number of aromatic nitrogens is 2. The molecule has 0 saturated heterocycles. The van der Waals surface area contributed by atoms with Crippen LogP contribution in [0.3, 0.4) is 0 Å². The summed E-state index contributed by atoms with van der Waals surface area (Å²) < 4.78 is 11.3. The average Bonchev–Trinajstić information content (AvgIpc) is 3.36. The summed E-state index contributed by atoms with van der Waals surface area (Å²) in [6.45, 7) is 1.44. The Morgan fingerprint density at radius 2 is 2.08 bits per heavy atom. The Labute approximate surface area is 145 Å². The highest BCUT2D eigenvalue weighted by Gasteiger charge is 2.21. The maximum Gasteiger partial charge on any atom is 0.231 e. The van der Waals surface area contributed by atoms with Crippen molar-refractivity contribution in [1.29, 1.82) is 0 Å². The van der Waals surface area contributed by atoms with Crippen molar-refractivity contribution in [2.24, 2.45) is 5.92 Å². The molecule has 1 atom stereocenters. The molecule has 0 radical (unpaired) electrons. The smallest absolute Gasteiger partial charge is 0.231 e. The topological polar surface area (TPSA) is 80.4 Å². The molecule has 0 aliphatic heterocycles. The van der Waals surface area contributed by atoms with E-state index < -0.39 is 6.10 Å². The van der Waals surface area contributed by atoms with Crippen LogP contribution in [0.5, 0.6) is 0 Å². The van der Waals surface area contributed by atoms with Gasteiger partial charge in [0.2, 0.25) is 5.71 Å². The van der Waals surface area contributed by atoms with Gasteiger partial charge in [0.25, 0.3) is 0 Å². The molecule has 1 aliphatic rings. The number of benzene rings is 1. The van der Waals surface area contributed by atoms with Crippen molar-refractivity contribution < 1.29 is 14.3 Å². The van der Waals surface area contributed by atoms with E-state index in [1.54, 1.807) is 0 Å². The fourth-order valence-corrected chi connectivity index (χ4v) is 2.67. The third-order valence-corrected chi connectivity index (χ3v) is 4.25. The Morgan fingerprint density at radius 1 is 1.24 bits per heavy atom. The van der Waals surface area contributed by atoms with Crippen molar-refractivity contribution >= 4 is 16.9 Å². The van der Waals surface area contributed by atoms with Crippen LogP contribution in [0.2, 0.25) is 0 Å². The van der Waals surface area contributed by atoms with E-state index in [4.69, 9.17) is 9.15 Å². The highest BCUT2D eigenvalue weighted by atomic mass is 16.5. The monoisotopic (exact) mass is 339 g/mol. The molecule has 1 aromatic carbocycles. The predicted molar refractivity (Wildman–Crippen MR) is 95.3 cm³/mol. The first-order valence-electron chi connectivity index (χ1n) is 8.59. The summed E-state index contributed by atoms with van der Waals surface area (Å²) >= 11 is 0. The van der Waals surface area contributed by atoms with E-state index in [1.807, 2.05) is 36.4 Å². The van der Waals surface area contributed by atoms with E-state index in [2.05, 4.69) is 15.3 Å². The first kappa shape index (κ1) is 16.1. The van der Waals surface area contributed by atoms with Gasteiger partial charge in [0, 0.05) is 18.7 Å². The number of fused-ring (bicyclic) bond motifs is 1. The van der Waals surface area contributed by atoms with Crippen LogP contribution in [0.15, 0.2) is 47.1 Å². The lowest BCUT2D eigenvalue weighted by Crippen LogP contribution is -2.25. The molecule has 0 bridgehead atoms. The summed E-state index contributed by atoms with van der Waals surface area (Å²) in [6.07, 6.45) is 3.37. The number of nitrogens with one attached hydrogen (secondary N) is 1. The van der Waals surface area contributed by atoms with Gasteiger partial charge >= 0.3 is 0 Å². The molecule has 6 nitrogen and oxygen atoms in total. The number of rotatable bonds is 8. The van der Waals surface area contributed by atoms with Crippen LogP contribution >= 0.6 is 0 Å². The van der Waals surface area contributed by atoms with Gasteiger partial charge in [-0.1, -0.05) is 30.3 Å². The van der Waals surface area contributed by atoms with E-state index in [9.17, 15) is 5.11 Å². The van der Waals surface area contributed by atoms with E-state index in [0.717, 1.165) is 23.3 Å². The van der Waals surface area contributed by atoms with E-state index >= 15 is 0 Å². The summed E-state index contributed by atoms with van der Waals surface area (Å²) in [4.78, 5) is 8.46. The Kier molecular flexibility index (Phi) is 4.63. The zero-order valence-electron chi connectivity index (χ0n) is 13.9. The molecule has 0 spiro atoms. The Hall–Kier alpha value is -2.44. The summed E-state index contributed by atoms with van der Waals surface area (Å²) in [6, 6.07) is 11.8. The fourth-order valence-electron chi connectivity index (χ4n) is 2.67. The van der Waals surface area contributed by atoms with Crippen LogP contribution in [0.4, 0.5) is 5.82 Å². The zero-order chi connectivity index (χ0) is 17.1. The molecule has 25 heavy (non-hydrogen) atoms. The molecular formula is C19H21N3O3. The van der Waals surface area contributed by atoms with Crippen LogP contribution in [0.25, 0.3) is 22.4 Å². The van der Waals surface area contributed by atoms with Crippen molar-refractivity contribution in [3.8, 4) is 11.3 Å². The standard InChI is InChI=1S/C19H21N3O3/c23-15(11-24-10-13-6-7-13)9-20-18-16-8-17(14-4-2-1-3-5-14)25-19(16)22-12-21-18/h1-5,8,12-13,15,23H,6-7,9-11H2,(H,20,21,22). The lowest BCUT2D eigenvalue weighted by Gasteiger charge is -2.12. The van der Waals surface area contributed by atoms with Crippen molar-refractivity contribution in [1.82, 2.24) is 9.97 Å². The lowest BCUT2D eigenvalue weighted by molar-refractivity contribution is 0.0386. The summed E-state index contributed by atoms with van der Waals surface area (Å²) in [5.41, 5.74) is 1.51. The van der Waals surface area contributed by atoms with E-state index in [1.165, 1.54) is 19.2 Å². The molecule has 4 rings (SSSR count). The second-order valence-electron chi connectivity index (χ2n) is 6.43. The number of hydrogen-bond donors (Lipinski definition) is 2. The number of aliphatic hydroxyl groups is 1. The third kappa shape index (κ3) is 3.97. The minimum absolute atomic E-state index is 0.332. The minimum atomic E-state index is -0.579. The molecule has 2 aromatic heterocycles. The van der Waals surface area contributed by atoms with Crippen molar-refractivity contribution in [3.63, 3.8) is 0 Å². The zero-order valence-corrected chi connectivity index (χ0v) is 13.9. The molecule has 130 valence electrons. The van der Waals surface area contributed by atoms with Gasteiger partial charge in [-0.3, -0.25) is 0 Å². The molecule has 0 amide bonds. The normalized spacial score (nSPS) is 15.4. The largest absolute Gasteiger partial charge is 0.438 e. The van der Waals surface area contributed by atoms with Crippen LogP contribution in [0, 0.1) is 5.92 Å². The van der Waals surface area contributed by atoms with Gasteiger partial charge in [0.1, 0.15) is 17.9 Å². The predicted octanol–water partition coefficient (Wildman–Crippen LogP) is 3.09. The quantitative estimate of drug-likeness (QED) is 0.656. The molecule has 2 heterocycles. The molecule has 6 heteroatoms. The Bertz CT molecular complexity index is 830. The van der Waals surface area contributed by atoms with Crippen LogP contribution in [0.1, 0.15) is 12.8 Å². The molecule has 2 N–H and O–H groups in total. The maximum atomic E-state index is 10.0. The SMILES string of the molecule is OC(CNc1ncnc2oc(-c3ccccc3)cc12)COCC1CC1. The van der Waals surface area contributed by atoms with E-state index in [0.29, 0.717) is 30.6 Å². The molecule has 1 unspecified atom stereocenters. The maximum absolute atomic E-state index is 10.0. The van der Waals surface area contributed by atoms with Gasteiger partial charge in [-0.05, 0) is 24.8 Å². The summed E-state index contributed by atoms with van der Waals surface area (Å²) in [7, 11) is 0.